The van der Waals surface area contributed by atoms with Crippen LogP contribution >= 0.6 is 12.2 Å². The van der Waals surface area contributed by atoms with E-state index in [1.54, 1.807) is 14.2 Å². The maximum atomic E-state index is 13.0. The van der Waals surface area contributed by atoms with Crippen molar-refractivity contribution in [3.05, 3.63) is 23.8 Å². The van der Waals surface area contributed by atoms with Crippen LogP contribution in [0.4, 0.5) is 0 Å². The molecule has 1 aromatic carbocycles. The van der Waals surface area contributed by atoms with E-state index in [-0.39, 0.29) is 17.7 Å². The summed E-state index contributed by atoms with van der Waals surface area (Å²) in [6.07, 6.45) is 2.43. The molecule has 1 aliphatic carbocycles. The molecule has 0 aromatic heterocycles. The fourth-order valence-corrected chi connectivity index (χ4v) is 4.01. The first-order chi connectivity index (χ1) is 13.1. The zero-order valence-electron chi connectivity index (χ0n) is 16.3. The number of benzene rings is 1. The lowest BCUT2D eigenvalue weighted by Gasteiger charge is -2.22. The third kappa shape index (κ3) is 4.46. The molecule has 2 atom stereocenters. The van der Waals surface area contributed by atoms with Crippen molar-refractivity contribution in [1.29, 1.82) is 0 Å². The molecule has 2 aliphatic rings. The predicted molar refractivity (Wildman–Crippen MR) is 109 cm³/mol. The van der Waals surface area contributed by atoms with Gasteiger partial charge in [0, 0.05) is 37.7 Å². The van der Waals surface area contributed by atoms with Crippen molar-refractivity contribution in [2.75, 3.05) is 40.4 Å². The van der Waals surface area contributed by atoms with Crippen molar-refractivity contribution in [1.82, 2.24) is 15.5 Å². The highest BCUT2D eigenvalue weighted by atomic mass is 32.1. The molecular weight excluding hydrogens is 362 g/mol. The van der Waals surface area contributed by atoms with E-state index < -0.39 is 0 Å². The molecule has 6 nitrogen and oxygen atoms in total. The Labute approximate surface area is 166 Å². The minimum atomic E-state index is -0.179. The number of amides is 1. The average Bonchev–Trinajstić information content (AvgIpc) is 3.41. The zero-order chi connectivity index (χ0) is 19.4. The smallest absolute Gasteiger partial charge is 0.225 e. The molecule has 1 saturated heterocycles. The van der Waals surface area contributed by atoms with Gasteiger partial charge in [-0.3, -0.25) is 4.79 Å². The number of likely N-dealkylation sites (tertiary alicyclic amines) is 1. The highest BCUT2D eigenvalue weighted by Gasteiger charge is 2.41. The van der Waals surface area contributed by atoms with Crippen LogP contribution in [0.15, 0.2) is 18.2 Å². The fraction of sp³-hybridized carbons (Fsp3) is 0.600. The summed E-state index contributed by atoms with van der Waals surface area (Å²) >= 11 is 5.51. The number of methoxy groups -OCH3 is 2. The number of nitrogens with zero attached hydrogens (tertiary/aromatic N) is 1. The number of nitrogens with one attached hydrogen (secondary N) is 2. The summed E-state index contributed by atoms with van der Waals surface area (Å²) in [5, 5.41) is 7.04. The van der Waals surface area contributed by atoms with Gasteiger partial charge in [-0.15, -0.1) is 0 Å². The van der Waals surface area contributed by atoms with Crippen molar-refractivity contribution in [2.24, 2.45) is 11.8 Å². The Hall–Kier alpha value is -2.02. The van der Waals surface area contributed by atoms with Gasteiger partial charge in [0.25, 0.3) is 0 Å². The predicted octanol–water partition coefficient (Wildman–Crippen LogP) is 2.14. The van der Waals surface area contributed by atoms with E-state index in [4.69, 9.17) is 21.7 Å². The average molecular weight is 392 g/mol. The standard InChI is InChI=1S/C20H29N3O3S/c1-4-21-20(27)23-11-15(14-6-5-7-17(25-2)18(14)26-3)16(12-23)19(24)22-10-13-8-9-13/h5-7,13,15-16H,4,8-12H2,1-3H3,(H,21,27)(H,22,24)/t15-,16+/m0/s1. The Morgan fingerprint density at radius 1 is 1.22 bits per heavy atom. The number of para-hydroxylation sites is 1. The van der Waals surface area contributed by atoms with Crippen LogP contribution in [-0.4, -0.2) is 56.3 Å². The van der Waals surface area contributed by atoms with E-state index >= 15 is 0 Å². The van der Waals surface area contributed by atoms with Crippen LogP contribution in [0.25, 0.3) is 0 Å². The molecular formula is C20H29N3O3S. The van der Waals surface area contributed by atoms with E-state index in [2.05, 4.69) is 15.5 Å². The minimum absolute atomic E-state index is 0.00846. The lowest BCUT2D eigenvalue weighted by Crippen LogP contribution is -2.40. The van der Waals surface area contributed by atoms with Gasteiger partial charge in [0.15, 0.2) is 16.6 Å². The number of ether oxygens (including phenoxy) is 2. The molecule has 0 unspecified atom stereocenters. The van der Waals surface area contributed by atoms with Gasteiger partial charge in [-0.05, 0) is 44.0 Å². The van der Waals surface area contributed by atoms with Gasteiger partial charge < -0.3 is 25.0 Å². The minimum Gasteiger partial charge on any atom is -0.493 e. The molecule has 148 valence electrons. The van der Waals surface area contributed by atoms with Crippen molar-refractivity contribution < 1.29 is 14.3 Å². The van der Waals surface area contributed by atoms with Crippen LogP contribution in [0.1, 0.15) is 31.2 Å². The molecule has 1 heterocycles. The summed E-state index contributed by atoms with van der Waals surface area (Å²) in [5.41, 5.74) is 0.991. The van der Waals surface area contributed by atoms with Crippen LogP contribution in [0.5, 0.6) is 11.5 Å². The molecule has 27 heavy (non-hydrogen) atoms. The first-order valence-electron chi connectivity index (χ1n) is 9.60. The number of carbonyl (C=O) groups excluding carboxylic acids is 1. The van der Waals surface area contributed by atoms with E-state index in [0.717, 1.165) is 18.7 Å². The summed E-state index contributed by atoms with van der Waals surface area (Å²) in [5.74, 6) is 1.94. The maximum absolute atomic E-state index is 13.0. The first-order valence-corrected chi connectivity index (χ1v) is 10.0. The van der Waals surface area contributed by atoms with Gasteiger partial charge in [0.05, 0.1) is 20.1 Å². The fourth-order valence-electron chi connectivity index (χ4n) is 3.72. The summed E-state index contributed by atoms with van der Waals surface area (Å²) in [4.78, 5) is 15.1. The molecule has 0 radical (unpaired) electrons. The first kappa shape index (κ1) is 19.7. The molecule has 0 spiro atoms. The number of thiocarbonyl (C=S) groups is 1. The Bertz CT molecular complexity index is 693. The molecule has 2 fully saturated rings. The van der Waals surface area contributed by atoms with Crippen molar-refractivity contribution >= 4 is 23.2 Å². The second kappa shape index (κ2) is 8.78. The molecule has 1 aromatic rings. The molecule has 3 rings (SSSR count). The SMILES string of the molecule is CCNC(=S)N1C[C@@H](C(=O)NCC2CC2)[C@H](c2cccc(OC)c2OC)C1. The Morgan fingerprint density at radius 3 is 2.63 bits per heavy atom. The topological polar surface area (TPSA) is 62.8 Å². The van der Waals surface area contributed by atoms with Crippen LogP contribution in [0.3, 0.4) is 0 Å². The van der Waals surface area contributed by atoms with Gasteiger partial charge in [0.1, 0.15) is 0 Å². The second-order valence-electron chi connectivity index (χ2n) is 7.22. The molecule has 1 aliphatic heterocycles. The van der Waals surface area contributed by atoms with Crippen LogP contribution in [0.2, 0.25) is 0 Å². The number of carbonyl (C=O) groups is 1. The summed E-state index contributed by atoms with van der Waals surface area (Å²) < 4.78 is 11.1. The monoisotopic (exact) mass is 391 g/mol. The van der Waals surface area contributed by atoms with E-state index in [1.165, 1.54) is 12.8 Å². The third-order valence-electron chi connectivity index (χ3n) is 5.37. The van der Waals surface area contributed by atoms with Crippen LogP contribution in [-0.2, 0) is 4.79 Å². The highest BCUT2D eigenvalue weighted by molar-refractivity contribution is 7.80. The van der Waals surface area contributed by atoms with Gasteiger partial charge in [-0.25, -0.2) is 0 Å². The van der Waals surface area contributed by atoms with Crippen LogP contribution < -0.4 is 20.1 Å². The number of rotatable bonds is 7. The van der Waals surface area contributed by atoms with E-state index in [1.807, 2.05) is 25.1 Å². The van der Waals surface area contributed by atoms with Crippen molar-refractivity contribution in [2.45, 2.75) is 25.7 Å². The molecule has 0 bridgehead atoms. The van der Waals surface area contributed by atoms with Crippen molar-refractivity contribution in [3.63, 3.8) is 0 Å². The third-order valence-corrected chi connectivity index (χ3v) is 5.77. The largest absolute Gasteiger partial charge is 0.493 e. The quantitative estimate of drug-likeness (QED) is 0.695. The number of hydrogen-bond donors (Lipinski definition) is 2. The molecule has 7 heteroatoms. The molecule has 1 saturated carbocycles. The number of hydrogen-bond acceptors (Lipinski definition) is 4. The summed E-state index contributed by atoms with van der Waals surface area (Å²) in [6, 6.07) is 5.84. The maximum Gasteiger partial charge on any atom is 0.225 e. The lowest BCUT2D eigenvalue weighted by molar-refractivity contribution is -0.125. The Morgan fingerprint density at radius 2 is 2.00 bits per heavy atom. The van der Waals surface area contributed by atoms with Gasteiger partial charge in [0.2, 0.25) is 5.91 Å². The Kier molecular flexibility index (Phi) is 6.42. The van der Waals surface area contributed by atoms with Crippen molar-refractivity contribution in [3.8, 4) is 11.5 Å². The molecule has 1 amide bonds. The highest BCUT2D eigenvalue weighted by Crippen LogP contribution is 2.42. The van der Waals surface area contributed by atoms with E-state index in [0.29, 0.717) is 35.6 Å². The van der Waals surface area contributed by atoms with Gasteiger partial charge in [-0.1, -0.05) is 12.1 Å². The van der Waals surface area contributed by atoms with Gasteiger partial charge in [-0.2, -0.15) is 0 Å². The molecule has 2 N–H and O–H groups in total. The second-order valence-corrected chi connectivity index (χ2v) is 7.61. The Balaban J connectivity index is 1.86. The lowest BCUT2D eigenvalue weighted by atomic mass is 9.87. The summed E-state index contributed by atoms with van der Waals surface area (Å²) in [7, 11) is 3.27. The normalized spacial score (nSPS) is 21.7. The van der Waals surface area contributed by atoms with E-state index in [9.17, 15) is 4.79 Å². The van der Waals surface area contributed by atoms with Gasteiger partial charge >= 0.3 is 0 Å². The summed E-state index contributed by atoms with van der Waals surface area (Å²) in [6.45, 7) is 4.84. The van der Waals surface area contributed by atoms with Crippen LogP contribution in [0, 0.1) is 11.8 Å². The zero-order valence-corrected chi connectivity index (χ0v) is 17.1.